The summed E-state index contributed by atoms with van der Waals surface area (Å²) in [7, 11) is 1.28. The molecule has 0 atom stereocenters. The molecule has 17 heavy (non-hydrogen) atoms. The third-order valence-electron chi connectivity index (χ3n) is 2.92. The lowest BCUT2D eigenvalue weighted by Crippen LogP contribution is -2.63. The minimum Gasteiger partial charge on any atom is -0.469 e. The van der Waals surface area contributed by atoms with Gasteiger partial charge in [-0.25, -0.2) is 0 Å². The molecule has 1 fully saturated rings. The molecular weight excluding hydrogens is 224 g/mol. The van der Waals surface area contributed by atoms with Crippen molar-refractivity contribution in [3.05, 3.63) is 0 Å². The van der Waals surface area contributed by atoms with Gasteiger partial charge in [0, 0.05) is 19.5 Å². The van der Waals surface area contributed by atoms with Crippen molar-refractivity contribution < 1.29 is 19.1 Å². The van der Waals surface area contributed by atoms with Gasteiger partial charge in [-0.2, -0.15) is 0 Å². The van der Waals surface area contributed by atoms with E-state index < -0.39 is 11.5 Å². The zero-order valence-electron chi connectivity index (χ0n) is 10.4. The molecule has 1 aliphatic rings. The average Bonchev–Trinajstić information content (AvgIpc) is 2.29. The van der Waals surface area contributed by atoms with Crippen LogP contribution in [0.5, 0.6) is 0 Å². The summed E-state index contributed by atoms with van der Waals surface area (Å²) in [5, 5.41) is 2.71. The average molecular weight is 242 g/mol. The van der Waals surface area contributed by atoms with Crippen molar-refractivity contribution in [3.8, 4) is 0 Å². The van der Waals surface area contributed by atoms with E-state index in [0.717, 1.165) is 0 Å². The normalized spacial score (nSPS) is 18.5. The summed E-state index contributed by atoms with van der Waals surface area (Å²) < 4.78 is 4.47. The first-order chi connectivity index (χ1) is 7.89. The van der Waals surface area contributed by atoms with Crippen LogP contribution in [0.4, 0.5) is 0 Å². The molecule has 2 amide bonds. The van der Waals surface area contributed by atoms with Crippen LogP contribution in [-0.2, 0) is 19.1 Å². The van der Waals surface area contributed by atoms with Gasteiger partial charge in [0.25, 0.3) is 0 Å². The summed E-state index contributed by atoms with van der Waals surface area (Å²) in [6, 6.07) is 0. The molecule has 1 N–H and O–H groups in total. The fourth-order valence-electron chi connectivity index (χ4n) is 1.78. The molecule has 1 saturated heterocycles. The third-order valence-corrected chi connectivity index (χ3v) is 2.92. The van der Waals surface area contributed by atoms with Crippen molar-refractivity contribution in [1.82, 2.24) is 10.2 Å². The third kappa shape index (κ3) is 2.95. The first kappa shape index (κ1) is 13.5. The van der Waals surface area contributed by atoms with Crippen LogP contribution in [0.15, 0.2) is 0 Å². The number of nitrogens with one attached hydrogen (secondary N) is 1. The number of amides is 2. The Bertz CT molecular complexity index is 338. The molecular formula is C11H18N2O4. The van der Waals surface area contributed by atoms with Crippen molar-refractivity contribution in [3.63, 3.8) is 0 Å². The van der Waals surface area contributed by atoms with E-state index in [4.69, 9.17) is 0 Å². The molecule has 1 rings (SSSR count). The van der Waals surface area contributed by atoms with Gasteiger partial charge in [-0.1, -0.05) is 0 Å². The molecule has 96 valence electrons. The highest BCUT2D eigenvalue weighted by Crippen LogP contribution is 2.19. The number of rotatable bonds is 3. The van der Waals surface area contributed by atoms with E-state index in [9.17, 15) is 14.4 Å². The smallest absolute Gasteiger partial charge is 0.306 e. The number of ether oxygens (including phenoxy) is 1. The topological polar surface area (TPSA) is 75.7 Å². The predicted molar refractivity (Wildman–Crippen MR) is 60.1 cm³/mol. The summed E-state index contributed by atoms with van der Waals surface area (Å²) in [6.07, 6.45) is 0.118. The van der Waals surface area contributed by atoms with Crippen molar-refractivity contribution in [2.75, 3.05) is 20.2 Å². The molecule has 0 unspecified atom stereocenters. The lowest BCUT2D eigenvalue weighted by molar-refractivity contribution is -0.151. The summed E-state index contributed by atoms with van der Waals surface area (Å²) in [6.45, 7) is 4.31. The Hall–Kier alpha value is -1.59. The van der Waals surface area contributed by atoms with E-state index in [2.05, 4.69) is 10.1 Å². The van der Waals surface area contributed by atoms with Gasteiger partial charge >= 0.3 is 5.97 Å². The van der Waals surface area contributed by atoms with Gasteiger partial charge in [-0.05, 0) is 13.8 Å². The zero-order chi connectivity index (χ0) is 13.1. The van der Waals surface area contributed by atoms with Crippen LogP contribution < -0.4 is 5.32 Å². The van der Waals surface area contributed by atoms with E-state index in [1.807, 2.05) is 0 Å². The summed E-state index contributed by atoms with van der Waals surface area (Å²) in [4.78, 5) is 36.0. The first-order valence-electron chi connectivity index (χ1n) is 5.55. The molecule has 0 bridgehead atoms. The minimum absolute atomic E-state index is 0.0452. The van der Waals surface area contributed by atoms with Gasteiger partial charge in [0.2, 0.25) is 11.8 Å². The summed E-state index contributed by atoms with van der Waals surface area (Å²) >= 11 is 0. The summed E-state index contributed by atoms with van der Waals surface area (Å²) in [5.41, 5.74) is -0.856. The van der Waals surface area contributed by atoms with Crippen LogP contribution in [0.25, 0.3) is 0 Å². The van der Waals surface area contributed by atoms with Crippen LogP contribution in [0.2, 0.25) is 0 Å². The Balaban J connectivity index is 2.61. The zero-order valence-corrected chi connectivity index (χ0v) is 10.4. The Morgan fingerprint density at radius 3 is 2.65 bits per heavy atom. The Morgan fingerprint density at radius 2 is 2.06 bits per heavy atom. The molecule has 0 aromatic heterocycles. The fourth-order valence-corrected chi connectivity index (χ4v) is 1.78. The fraction of sp³-hybridized carbons (Fsp3) is 0.727. The van der Waals surface area contributed by atoms with Gasteiger partial charge in [0.1, 0.15) is 5.54 Å². The van der Waals surface area contributed by atoms with E-state index in [-0.39, 0.29) is 24.7 Å². The van der Waals surface area contributed by atoms with Crippen LogP contribution in [0.1, 0.15) is 26.7 Å². The highest BCUT2D eigenvalue weighted by molar-refractivity contribution is 5.92. The molecule has 0 aromatic rings. The number of hydrogen-bond acceptors (Lipinski definition) is 4. The summed E-state index contributed by atoms with van der Waals surface area (Å²) in [5.74, 6) is -0.789. The molecule has 1 aliphatic heterocycles. The second-order valence-electron chi connectivity index (χ2n) is 4.44. The highest BCUT2D eigenvalue weighted by Gasteiger charge is 2.40. The second kappa shape index (κ2) is 5.16. The van der Waals surface area contributed by atoms with Gasteiger partial charge in [0.05, 0.1) is 13.5 Å². The van der Waals surface area contributed by atoms with Crippen LogP contribution >= 0.6 is 0 Å². The first-order valence-corrected chi connectivity index (χ1v) is 5.55. The Labute approximate surface area is 100 Å². The standard InChI is InChI=1S/C11H18N2O4/c1-11(2)10(16)12-6-7-13(11)8(14)4-5-9(15)17-3/h4-7H2,1-3H3,(H,12,16). The van der Waals surface area contributed by atoms with Crippen molar-refractivity contribution in [2.45, 2.75) is 32.2 Å². The maximum Gasteiger partial charge on any atom is 0.306 e. The number of hydrogen-bond donors (Lipinski definition) is 1. The number of piperazine rings is 1. The number of carbonyl (C=O) groups is 3. The van der Waals surface area contributed by atoms with Gasteiger partial charge in [-0.15, -0.1) is 0 Å². The number of nitrogens with zero attached hydrogens (tertiary/aromatic N) is 1. The van der Waals surface area contributed by atoms with Crippen molar-refractivity contribution >= 4 is 17.8 Å². The van der Waals surface area contributed by atoms with E-state index in [0.29, 0.717) is 13.1 Å². The quantitative estimate of drug-likeness (QED) is 0.688. The van der Waals surface area contributed by atoms with Crippen LogP contribution in [0, 0.1) is 0 Å². The molecule has 0 aliphatic carbocycles. The molecule has 0 spiro atoms. The minimum atomic E-state index is -0.856. The van der Waals surface area contributed by atoms with Gasteiger partial charge < -0.3 is 15.0 Å². The number of esters is 1. The van der Waals surface area contributed by atoms with Gasteiger partial charge in [0.15, 0.2) is 0 Å². The maximum atomic E-state index is 11.9. The van der Waals surface area contributed by atoms with Crippen molar-refractivity contribution in [1.29, 1.82) is 0 Å². The van der Waals surface area contributed by atoms with Crippen molar-refractivity contribution in [2.24, 2.45) is 0 Å². The molecule has 0 saturated carbocycles. The molecule has 1 heterocycles. The maximum absolute atomic E-state index is 11.9. The monoisotopic (exact) mass is 242 g/mol. The molecule has 6 nitrogen and oxygen atoms in total. The molecule has 0 radical (unpaired) electrons. The predicted octanol–water partition coefficient (Wildman–Crippen LogP) is -0.323. The van der Waals surface area contributed by atoms with E-state index >= 15 is 0 Å². The molecule has 0 aromatic carbocycles. The number of methoxy groups -OCH3 is 1. The number of carbonyl (C=O) groups excluding carboxylic acids is 3. The highest BCUT2D eigenvalue weighted by atomic mass is 16.5. The van der Waals surface area contributed by atoms with E-state index in [1.54, 1.807) is 13.8 Å². The van der Waals surface area contributed by atoms with Gasteiger partial charge in [-0.3, -0.25) is 14.4 Å². The Kier molecular flexibility index (Phi) is 4.09. The van der Waals surface area contributed by atoms with Crippen LogP contribution in [-0.4, -0.2) is 48.4 Å². The SMILES string of the molecule is COC(=O)CCC(=O)N1CCNC(=O)C1(C)C. The largest absolute Gasteiger partial charge is 0.469 e. The van der Waals surface area contributed by atoms with E-state index in [1.165, 1.54) is 12.0 Å². The Morgan fingerprint density at radius 1 is 1.41 bits per heavy atom. The second-order valence-corrected chi connectivity index (χ2v) is 4.44. The lowest BCUT2D eigenvalue weighted by atomic mass is 9.98. The lowest BCUT2D eigenvalue weighted by Gasteiger charge is -2.41. The van der Waals surface area contributed by atoms with Crippen LogP contribution in [0.3, 0.4) is 0 Å². The molecule has 6 heteroatoms.